The van der Waals surface area contributed by atoms with E-state index in [1.165, 1.54) is 0 Å². The van der Waals surface area contributed by atoms with Gasteiger partial charge in [0.15, 0.2) is 0 Å². The monoisotopic (exact) mass is 307 g/mol. The number of hydrogen-bond acceptors (Lipinski definition) is 3. The maximum atomic E-state index is 8.74. The zero-order chi connectivity index (χ0) is 15.7. The van der Waals surface area contributed by atoms with Gasteiger partial charge >= 0.3 is 0 Å². The molecule has 1 aliphatic heterocycles. The van der Waals surface area contributed by atoms with Crippen LogP contribution in [-0.2, 0) is 4.74 Å². The molecule has 0 N–H and O–H groups in total. The van der Waals surface area contributed by atoms with Gasteiger partial charge in [0.25, 0.3) is 0 Å². The molecule has 0 spiro atoms. The molecule has 4 nitrogen and oxygen atoms in total. The lowest BCUT2D eigenvalue weighted by Crippen LogP contribution is -2.31. The van der Waals surface area contributed by atoms with Crippen LogP contribution in [0.25, 0.3) is 0 Å². The Morgan fingerprint density at radius 3 is 2.95 bits per heavy atom. The van der Waals surface area contributed by atoms with Gasteiger partial charge in [0.05, 0.1) is 30.8 Å². The van der Waals surface area contributed by atoms with Gasteiger partial charge in [0, 0.05) is 25.1 Å². The Morgan fingerprint density at radius 2 is 2.33 bits per heavy atom. The first-order chi connectivity index (χ1) is 10.1. The second kappa shape index (κ2) is 9.38. The SMILES string of the molecule is C=C(C#N)/C=C\C(N=CN1CCCC1COC)=C(\C)CCl. The minimum Gasteiger partial charge on any atom is -0.383 e. The number of likely N-dealkylation sites (tertiary alicyclic amines) is 1. The number of rotatable bonds is 7. The van der Waals surface area contributed by atoms with E-state index in [4.69, 9.17) is 21.6 Å². The molecule has 1 aliphatic rings. The number of aliphatic imine (C=N–C) groups is 1. The van der Waals surface area contributed by atoms with Crippen LogP contribution in [0.4, 0.5) is 0 Å². The fourth-order valence-corrected chi connectivity index (χ4v) is 2.24. The Hall–Kier alpha value is -1.57. The Bertz CT molecular complexity index is 488. The summed E-state index contributed by atoms with van der Waals surface area (Å²) in [5.41, 5.74) is 2.12. The maximum Gasteiger partial charge on any atom is 0.0985 e. The molecule has 114 valence electrons. The largest absolute Gasteiger partial charge is 0.383 e. The highest BCUT2D eigenvalue weighted by molar-refractivity contribution is 6.19. The molecule has 0 amide bonds. The summed E-state index contributed by atoms with van der Waals surface area (Å²) in [6.07, 6.45) is 7.55. The Kier molecular flexibility index (Phi) is 7.81. The second-order valence-corrected chi connectivity index (χ2v) is 5.27. The normalized spacial score (nSPS) is 20.1. The Morgan fingerprint density at radius 1 is 1.57 bits per heavy atom. The average molecular weight is 308 g/mol. The fraction of sp³-hybridized carbons (Fsp3) is 0.500. The summed E-state index contributed by atoms with van der Waals surface area (Å²) in [7, 11) is 1.72. The molecule has 0 bridgehead atoms. The third-order valence-corrected chi connectivity index (χ3v) is 3.75. The van der Waals surface area contributed by atoms with Crippen molar-refractivity contribution < 1.29 is 4.74 Å². The predicted octanol–water partition coefficient (Wildman–Crippen LogP) is 3.27. The van der Waals surface area contributed by atoms with E-state index in [1.54, 1.807) is 19.3 Å². The minimum atomic E-state index is 0.384. The van der Waals surface area contributed by atoms with Gasteiger partial charge in [0.1, 0.15) is 0 Å². The van der Waals surface area contributed by atoms with E-state index in [-0.39, 0.29) is 0 Å². The third-order valence-electron chi connectivity index (χ3n) is 3.35. The van der Waals surface area contributed by atoms with Gasteiger partial charge in [-0.2, -0.15) is 5.26 Å². The number of nitrogens with zero attached hydrogens (tertiary/aromatic N) is 3. The number of ether oxygens (including phenoxy) is 1. The molecule has 1 heterocycles. The van der Waals surface area contributed by atoms with Crippen LogP contribution in [-0.4, -0.2) is 43.4 Å². The molecule has 1 saturated heterocycles. The molecule has 0 aromatic carbocycles. The number of nitriles is 1. The van der Waals surface area contributed by atoms with Crippen LogP contribution in [0.5, 0.6) is 0 Å². The van der Waals surface area contributed by atoms with Crippen LogP contribution in [0.2, 0.25) is 0 Å². The molecule has 1 fully saturated rings. The van der Waals surface area contributed by atoms with Crippen LogP contribution >= 0.6 is 11.6 Å². The minimum absolute atomic E-state index is 0.384. The standard InChI is InChI=1S/C16H22ClN3O/c1-13(10-18)6-7-16(14(2)9-17)19-12-20-8-4-5-15(20)11-21-3/h6-7,12,15H,1,4-5,8-9,11H2,2-3H3/b7-6-,16-14+,19-12?. The number of alkyl halides is 1. The summed E-state index contributed by atoms with van der Waals surface area (Å²) in [5, 5.41) is 8.74. The van der Waals surface area contributed by atoms with Gasteiger partial charge in [0.2, 0.25) is 0 Å². The van der Waals surface area contributed by atoms with E-state index in [9.17, 15) is 0 Å². The molecular formula is C16H22ClN3O. The smallest absolute Gasteiger partial charge is 0.0985 e. The van der Waals surface area contributed by atoms with Gasteiger partial charge in [-0.1, -0.05) is 6.58 Å². The highest BCUT2D eigenvalue weighted by atomic mass is 35.5. The molecular weight excluding hydrogens is 286 g/mol. The van der Waals surface area contributed by atoms with Crippen molar-refractivity contribution in [2.75, 3.05) is 26.1 Å². The summed E-state index contributed by atoms with van der Waals surface area (Å²) in [5.74, 6) is 0.400. The maximum absolute atomic E-state index is 8.74. The van der Waals surface area contributed by atoms with E-state index in [0.29, 0.717) is 24.1 Å². The van der Waals surface area contributed by atoms with Crippen molar-refractivity contribution in [3.63, 3.8) is 0 Å². The van der Waals surface area contributed by atoms with Gasteiger partial charge in [-0.3, -0.25) is 0 Å². The topological polar surface area (TPSA) is 48.6 Å². The van der Waals surface area contributed by atoms with Gasteiger partial charge in [-0.25, -0.2) is 4.99 Å². The number of halogens is 1. The third kappa shape index (κ3) is 5.74. The van der Waals surface area contributed by atoms with E-state index < -0.39 is 0 Å². The van der Waals surface area contributed by atoms with Crippen molar-refractivity contribution in [3.05, 3.63) is 35.6 Å². The molecule has 1 unspecified atom stereocenters. The zero-order valence-electron chi connectivity index (χ0n) is 12.7. The van der Waals surface area contributed by atoms with Crippen LogP contribution in [0.3, 0.4) is 0 Å². The first-order valence-corrected chi connectivity index (χ1v) is 7.47. The summed E-state index contributed by atoms with van der Waals surface area (Å²) < 4.78 is 5.23. The zero-order valence-corrected chi connectivity index (χ0v) is 13.4. The highest BCUT2D eigenvalue weighted by Crippen LogP contribution is 2.17. The lowest BCUT2D eigenvalue weighted by atomic mass is 10.2. The molecule has 0 aliphatic carbocycles. The Labute approximate surface area is 132 Å². The molecule has 0 aromatic rings. The van der Waals surface area contributed by atoms with Crippen molar-refractivity contribution in [1.29, 1.82) is 5.26 Å². The molecule has 0 aromatic heterocycles. The molecule has 21 heavy (non-hydrogen) atoms. The van der Waals surface area contributed by atoms with Gasteiger partial charge in [-0.05, 0) is 37.5 Å². The summed E-state index contributed by atoms with van der Waals surface area (Å²) >= 11 is 5.88. The van der Waals surface area contributed by atoms with Gasteiger partial charge < -0.3 is 9.64 Å². The van der Waals surface area contributed by atoms with Crippen LogP contribution < -0.4 is 0 Å². The van der Waals surface area contributed by atoms with E-state index >= 15 is 0 Å². The molecule has 5 heteroatoms. The van der Waals surface area contributed by atoms with E-state index in [1.807, 2.05) is 19.3 Å². The molecule has 1 atom stereocenters. The van der Waals surface area contributed by atoms with E-state index in [0.717, 1.165) is 30.7 Å². The van der Waals surface area contributed by atoms with Crippen LogP contribution in [0, 0.1) is 11.3 Å². The van der Waals surface area contributed by atoms with Crippen LogP contribution in [0.15, 0.2) is 40.6 Å². The average Bonchev–Trinajstić information content (AvgIpc) is 2.94. The number of allylic oxidation sites excluding steroid dienone is 4. The van der Waals surface area contributed by atoms with Crippen molar-refractivity contribution in [1.82, 2.24) is 4.90 Å². The Balaban J connectivity index is 2.82. The highest BCUT2D eigenvalue weighted by Gasteiger charge is 2.21. The van der Waals surface area contributed by atoms with Crippen molar-refractivity contribution in [2.24, 2.45) is 4.99 Å². The molecule has 0 saturated carbocycles. The summed E-state index contributed by atoms with van der Waals surface area (Å²) in [4.78, 5) is 6.71. The predicted molar refractivity (Wildman–Crippen MR) is 87.4 cm³/mol. The van der Waals surface area contributed by atoms with E-state index in [2.05, 4.69) is 16.5 Å². The molecule has 0 radical (unpaired) electrons. The summed E-state index contributed by atoms with van der Waals surface area (Å²) in [6.45, 7) is 7.24. The quantitative estimate of drug-likeness (QED) is 0.238. The first-order valence-electron chi connectivity index (χ1n) is 6.94. The summed E-state index contributed by atoms with van der Waals surface area (Å²) in [6, 6.07) is 2.37. The lowest BCUT2D eigenvalue weighted by molar-refractivity contribution is 0.147. The number of hydrogen-bond donors (Lipinski definition) is 0. The first kappa shape index (κ1) is 17.5. The van der Waals surface area contributed by atoms with Crippen molar-refractivity contribution >= 4 is 17.9 Å². The van der Waals surface area contributed by atoms with Crippen molar-refractivity contribution in [2.45, 2.75) is 25.8 Å². The lowest BCUT2D eigenvalue weighted by Gasteiger charge is -2.21. The fourth-order valence-electron chi connectivity index (χ4n) is 2.10. The van der Waals surface area contributed by atoms with Crippen LogP contribution in [0.1, 0.15) is 19.8 Å². The second-order valence-electron chi connectivity index (χ2n) is 5.00. The van der Waals surface area contributed by atoms with Crippen molar-refractivity contribution in [3.8, 4) is 6.07 Å². The molecule has 1 rings (SSSR count). The van der Waals surface area contributed by atoms with Gasteiger partial charge in [-0.15, -0.1) is 11.6 Å². The number of methoxy groups -OCH3 is 1.